The van der Waals surface area contributed by atoms with Crippen LogP contribution >= 0.6 is 0 Å². The molecule has 0 radical (unpaired) electrons. The Hall–Kier alpha value is -1.54. The third-order valence-corrected chi connectivity index (χ3v) is 3.23. The summed E-state index contributed by atoms with van der Waals surface area (Å²) in [6.45, 7) is 2.21. The molecule has 0 fully saturated rings. The van der Waals surface area contributed by atoms with Crippen molar-refractivity contribution in [2.24, 2.45) is 0 Å². The van der Waals surface area contributed by atoms with Gasteiger partial charge in [0.25, 0.3) is 0 Å². The normalized spacial score (nSPS) is 14.5. The highest BCUT2D eigenvalue weighted by Gasteiger charge is 2.23. The van der Waals surface area contributed by atoms with E-state index in [1.54, 1.807) is 6.26 Å². The van der Waals surface area contributed by atoms with Gasteiger partial charge in [0, 0.05) is 5.92 Å². The van der Waals surface area contributed by atoms with Gasteiger partial charge >= 0.3 is 0 Å². The van der Waals surface area contributed by atoms with Gasteiger partial charge in [-0.15, -0.1) is 0 Å². The number of furan rings is 1. The van der Waals surface area contributed by atoms with Gasteiger partial charge < -0.3 is 9.73 Å². The molecule has 1 aromatic heterocycles. The summed E-state index contributed by atoms with van der Waals surface area (Å²) in [6.07, 6.45) is 2.81. The van der Waals surface area contributed by atoms with Crippen LogP contribution in [0.2, 0.25) is 0 Å². The molecule has 0 aliphatic rings. The quantitative estimate of drug-likeness (QED) is 0.845. The van der Waals surface area contributed by atoms with Crippen molar-refractivity contribution in [2.45, 2.75) is 25.3 Å². The molecule has 2 heteroatoms. The fourth-order valence-electron chi connectivity index (χ4n) is 2.37. The molecule has 90 valence electrons. The first kappa shape index (κ1) is 11.9. The molecule has 1 N–H and O–H groups in total. The van der Waals surface area contributed by atoms with Crippen LogP contribution in [0, 0.1) is 0 Å². The number of hydrogen-bond acceptors (Lipinski definition) is 2. The highest BCUT2D eigenvalue weighted by atomic mass is 16.3. The molecule has 0 saturated heterocycles. The van der Waals surface area contributed by atoms with Crippen molar-refractivity contribution < 1.29 is 4.42 Å². The Morgan fingerprint density at radius 3 is 2.41 bits per heavy atom. The molecule has 1 heterocycles. The zero-order valence-corrected chi connectivity index (χ0v) is 10.4. The summed E-state index contributed by atoms with van der Waals surface area (Å²) in [5.74, 6) is 1.44. The molecule has 17 heavy (non-hydrogen) atoms. The second-order valence-corrected chi connectivity index (χ2v) is 4.21. The van der Waals surface area contributed by atoms with Crippen molar-refractivity contribution in [3.05, 3.63) is 60.1 Å². The first-order valence-electron chi connectivity index (χ1n) is 6.12. The second kappa shape index (κ2) is 5.69. The van der Waals surface area contributed by atoms with Gasteiger partial charge in [-0.25, -0.2) is 0 Å². The molecular weight excluding hydrogens is 210 g/mol. The van der Waals surface area contributed by atoms with Crippen LogP contribution in [-0.4, -0.2) is 7.05 Å². The van der Waals surface area contributed by atoms with E-state index >= 15 is 0 Å². The van der Waals surface area contributed by atoms with E-state index in [-0.39, 0.29) is 6.04 Å². The van der Waals surface area contributed by atoms with Crippen molar-refractivity contribution in [1.82, 2.24) is 5.32 Å². The van der Waals surface area contributed by atoms with E-state index in [0.717, 1.165) is 12.2 Å². The third-order valence-electron chi connectivity index (χ3n) is 3.23. The highest BCUT2D eigenvalue weighted by Crippen LogP contribution is 2.33. The van der Waals surface area contributed by atoms with Crippen LogP contribution in [0.5, 0.6) is 0 Å². The average Bonchev–Trinajstić information content (AvgIpc) is 2.90. The SMILES string of the molecule is CCC(c1ccccc1)C(NC)c1ccco1. The Bertz CT molecular complexity index is 421. The Balaban J connectivity index is 2.28. The summed E-state index contributed by atoms with van der Waals surface area (Å²) >= 11 is 0. The molecule has 1 aromatic carbocycles. The zero-order chi connectivity index (χ0) is 12.1. The largest absolute Gasteiger partial charge is 0.468 e. The molecule has 0 aliphatic carbocycles. The predicted molar refractivity (Wildman–Crippen MR) is 70.0 cm³/mol. The van der Waals surface area contributed by atoms with E-state index in [0.29, 0.717) is 5.92 Å². The topological polar surface area (TPSA) is 25.2 Å². The minimum Gasteiger partial charge on any atom is -0.468 e. The van der Waals surface area contributed by atoms with Gasteiger partial charge in [-0.2, -0.15) is 0 Å². The first-order chi connectivity index (χ1) is 8.36. The van der Waals surface area contributed by atoms with Crippen molar-refractivity contribution in [3.63, 3.8) is 0 Å². The van der Waals surface area contributed by atoms with Crippen molar-refractivity contribution in [1.29, 1.82) is 0 Å². The Morgan fingerprint density at radius 1 is 1.12 bits per heavy atom. The molecule has 2 nitrogen and oxygen atoms in total. The van der Waals surface area contributed by atoms with Gasteiger partial charge in [-0.1, -0.05) is 37.3 Å². The summed E-state index contributed by atoms with van der Waals surface area (Å²) in [7, 11) is 1.98. The highest BCUT2D eigenvalue weighted by molar-refractivity contribution is 5.23. The first-order valence-corrected chi connectivity index (χ1v) is 6.12. The Kier molecular flexibility index (Phi) is 3.99. The number of benzene rings is 1. The molecule has 0 bridgehead atoms. The van der Waals surface area contributed by atoms with Gasteiger partial charge in [-0.3, -0.25) is 0 Å². The van der Waals surface area contributed by atoms with Gasteiger partial charge in [0.05, 0.1) is 12.3 Å². The molecule has 2 aromatic rings. The molecule has 0 aliphatic heterocycles. The average molecular weight is 229 g/mol. The van der Waals surface area contributed by atoms with Crippen LogP contribution in [0.25, 0.3) is 0 Å². The second-order valence-electron chi connectivity index (χ2n) is 4.21. The van der Waals surface area contributed by atoms with E-state index in [1.807, 2.05) is 19.2 Å². The van der Waals surface area contributed by atoms with E-state index in [9.17, 15) is 0 Å². The van der Waals surface area contributed by atoms with E-state index in [2.05, 4.69) is 42.6 Å². The number of likely N-dealkylation sites (N-methyl/N-ethyl adjacent to an activating group) is 1. The van der Waals surface area contributed by atoms with Crippen LogP contribution in [0.1, 0.15) is 36.6 Å². The van der Waals surface area contributed by atoms with Crippen LogP contribution in [0.4, 0.5) is 0 Å². The maximum Gasteiger partial charge on any atom is 0.121 e. The summed E-state index contributed by atoms with van der Waals surface area (Å²) in [5.41, 5.74) is 1.35. The van der Waals surface area contributed by atoms with Gasteiger partial charge in [-0.05, 0) is 31.2 Å². The molecule has 0 saturated carbocycles. The lowest BCUT2D eigenvalue weighted by Gasteiger charge is -2.24. The molecule has 0 spiro atoms. The van der Waals surface area contributed by atoms with Gasteiger partial charge in [0.15, 0.2) is 0 Å². The van der Waals surface area contributed by atoms with Crippen LogP contribution in [0.15, 0.2) is 53.1 Å². The van der Waals surface area contributed by atoms with Crippen molar-refractivity contribution >= 4 is 0 Å². The molecular formula is C15H19NO. The fraction of sp³-hybridized carbons (Fsp3) is 0.333. The van der Waals surface area contributed by atoms with Crippen LogP contribution < -0.4 is 5.32 Å². The van der Waals surface area contributed by atoms with Crippen molar-refractivity contribution in [3.8, 4) is 0 Å². The van der Waals surface area contributed by atoms with E-state index < -0.39 is 0 Å². The number of rotatable bonds is 5. The predicted octanol–water partition coefficient (Wildman–Crippen LogP) is 3.73. The molecule has 0 amide bonds. The van der Waals surface area contributed by atoms with Gasteiger partial charge in [0.2, 0.25) is 0 Å². The molecule has 2 atom stereocenters. The minimum absolute atomic E-state index is 0.234. The fourth-order valence-corrected chi connectivity index (χ4v) is 2.37. The number of nitrogens with one attached hydrogen (secondary N) is 1. The summed E-state index contributed by atoms with van der Waals surface area (Å²) in [6, 6.07) is 14.8. The monoisotopic (exact) mass is 229 g/mol. The van der Waals surface area contributed by atoms with Crippen molar-refractivity contribution in [2.75, 3.05) is 7.05 Å². The molecule has 2 rings (SSSR count). The summed E-state index contributed by atoms with van der Waals surface area (Å²) < 4.78 is 5.53. The molecule has 2 unspecified atom stereocenters. The lowest BCUT2D eigenvalue weighted by Crippen LogP contribution is -2.23. The number of hydrogen-bond donors (Lipinski definition) is 1. The van der Waals surface area contributed by atoms with Crippen LogP contribution in [0.3, 0.4) is 0 Å². The Labute approximate surface area is 103 Å². The lowest BCUT2D eigenvalue weighted by molar-refractivity contribution is 0.377. The summed E-state index contributed by atoms with van der Waals surface area (Å²) in [5, 5.41) is 3.36. The summed E-state index contributed by atoms with van der Waals surface area (Å²) in [4.78, 5) is 0. The maximum atomic E-state index is 5.53. The van der Waals surface area contributed by atoms with E-state index in [4.69, 9.17) is 4.42 Å². The standard InChI is InChI=1S/C15H19NO/c1-3-13(12-8-5-4-6-9-12)15(16-2)14-10-7-11-17-14/h4-11,13,15-16H,3H2,1-2H3. The zero-order valence-electron chi connectivity index (χ0n) is 10.4. The van der Waals surface area contributed by atoms with E-state index in [1.165, 1.54) is 5.56 Å². The smallest absolute Gasteiger partial charge is 0.121 e. The maximum absolute atomic E-state index is 5.53. The van der Waals surface area contributed by atoms with Crippen LogP contribution in [-0.2, 0) is 0 Å². The lowest BCUT2D eigenvalue weighted by atomic mass is 9.88. The van der Waals surface area contributed by atoms with Gasteiger partial charge in [0.1, 0.15) is 5.76 Å². The minimum atomic E-state index is 0.234. The Morgan fingerprint density at radius 2 is 1.88 bits per heavy atom. The third kappa shape index (κ3) is 2.59.